The summed E-state index contributed by atoms with van der Waals surface area (Å²) in [4.78, 5) is 2.39. The van der Waals surface area contributed by atoms with Gasteiger partial charge in [-0.25, -0.2) is 0 Å². The lowest BCUT2D eigenvalue weighted by molar-refractivity contribution is 0.281. The Balaban J connectivity index is 2.15. The first-order chi connectivity index (χ1) is 7.31. The molecule has 0 atom stereocenters. The van der Waals surface area contributed by atoms with Crippen LogP contribution in [0.15, 0.2) is 24.3 Å². The van der Waals surface area contributed by atoms with E-state index in [2.05, 4.69) is 17.9 Å². The molecule has 82 valence electrons. The van der Waals surface area contributed by atoms with Gasteiger partial charge in [-0.15, -0.1) is 0 Å². The molecule has 0 unspecified atom stereocenters. The highest BCUT2D eigenvalue weighted by atomic mass is 16.3. The topological polar surface area (TPSA) is 23.5 Å². The van der Waals surface area contributed by atoms with Crippen molar-refractivity contribution in [3.8, 4) is 0 Å². The molecule has 1 saturated heterocycles. The fraction of sp³-hybridized carbons (Fsp3) is 0.538. The Morgan fingerprint density at radius 2 is 1.93 bits per heavy atom. The van der Waals surface area contributed by atoms with E-state index in [1.807, 2.05) is 18.2 Å². The van der Waals surface area contributed by atoms with Crippen LogP contribution >= 0.6 is 0 Å². The van der Waals surface area contributed by atoms with Crippen LogP contribution in [0.1, 0.15) is 25.3 Å². The smallest absolute Gasteiger partial charge is 0.0702 e. The minimum Gasteiger partial charge on any atom is -0.392 e. The molecule has 2 rings (SSSR count). The summed E-state index contributed by atoms with van der Waals surface area (Å²) in [5, 5.41) is 9.27. The van der Waals surface area contributed by atoms with Gasteiger partial charge < -0.3 is 10.0 Å². The van der Waals surface area contributed by atoms with E-state index >= 15 is 0 Å². The molecular weight excluding hydrogens is 186 g/mol. The highest BCUT2D eigenvalue weighted by Gasteiger charge is 2.17. The summed E-state index contributed by atoms with van der Waals surface area (Å²) in [7, 11) is 0. The molecule has 1 fully saturated rings. The molecule has 1 aromatic rings. The molecule has 0 radical (unpaired) electrons. The quantitative estimate of drug-likeness (QED) is 0.801. The number of aliphatic hydroxyl groups excluding tert-OH is 1. The number of piperidine rings is 1. The number of benzene rings is 1. The van der Waals surface area contributed by atoms with E-state index in [0.717, 1.165) is 24.6 Å². The van der Waals surface area contributed by atoms with Crippen molar-refractivity contribution in [3.63, 3.8) is 0 Å². The van der Waals surface area contributed by atoms with Gasteiger partial charge >= 0.3 is 0 Å². The van der Waals surface area contributed by atoms with Gasteiger partial charge in [0.15, 0.2) is 0 Å². The first-order valence-electron chi connectivity index (χ1n) is 5.75. The Labute approximate surface area is 91.5 Å². The number of anilines is 1. The highest BCUT2D eigenvalue weighted by Crippen LogP contribution is 2.25. The molecule has 1 aliphatic heterocycles. The number of hydrogen-bond acceptors (Lipinski definition) is 2. The van der Waals surface area contributed by atoms with Gasteiger partial charge in [-0.1, -0.05) is 25.1 Å². The summed E-state index contributed by atoms with van der Waals surface area (Å²) >= 11 is 0. The van der Waals surface area contributed by atoms with Gasteiger partial charge in [-0.05, 0) is 24.8 Å². The van der Waals surface area contributed by atoms with Gasteiger partial charge in [-0.3, -0.25) is 0 Å². The zero-order valence-corrected chi connectivity index (χ0v) is 9.32. The first-order valence-corrected chi connectivity index (χ1v) is 5.75. The second-order valence-electron chi connectivity index (χ2n) is 4.46. The molecule has 0 aliphatic carbocycles. The molecule has 0 saturated carbocycles. The zero-order valence-electron chi connectivity index (χ0n) is 9.32. The third-order valence-electron chi connectivity index (χ3n) is 3.29. The molecule has 1 heterocycles. The van der Waals surface area contributed by atoms with Gasteiger partial charge in [0.2, 0.25) is 0 Å². The maximum Gasteiger partial charge on any atom is 0.0702 e. The molecule has 1 aromatic carbocycles. The maximum atomic E-state index is 9.27. The van der Waals surface area contributed by atoms with Crippen molar-refractivity contribution in [3.05, 3.63) is 29.8 Å². The summed E-state index contributed by atoms with van der Waals surface area (Å²) in [6.07, 6.45) is 2.53. The van der Waals surface area contributed by atoms with Crippen LogP contribution in [-0.2, 0) is 6.61 Å². The van der Waals surface area contributed by atoms with E-state index in [1.165, 1.54) is 18.5 Å². The molecule has 2 heteroatoms. The lowest BCUT2D eigenvalue weighted by Gasteiger charge is -2.33. The second kappa shape index (κ2) is 4.67. The Kier molecular flexibility index (Phi) is 3.27. The second-order valence-corrected chi connectivity index (χ2v) is 4.46. The van der Waals surface area contributed by atoms with Gasteiger partial charge in [0.25, 0.3) is 0 Å². The predicted molar refractivity (Wildman–Crippen MR) is 63.0 cm³/mol. The third-order valence-corrected chi connectivity index (χ3v) is 3.29. The van der Waals surface area contributed by atoms with Crippen LogP contribution in [0.4, 0.5) is 5.69 Å². The maximum absolute atomic E-state index is 9.27. The van der Waals surface area contributed by atoms with E-state index in [9.17, 15) is 5.11 Å². The number of rotatable bonds is 2. The van der Waals surface area contributed by atoms with Crippen molar-refractivity contribution in [1.82, 2.24) is 0 Å². The summed E-state index contributed by atoms with van der Waals surface area (Å²) in [5.74, 6) is 0.850. The van der Waals surface area contributed by atoms with Crippen molar-refractivity contribution in [2.75, 3.05) is 18.0 Å². The Hall–Kier alpha value is -1.02. The average Bonchev–Trinajstić information content (AvgIpc) is 2.30. The van der Waals surface area contributed by atoms with Crippen LogP contribution in [0, 0.1) is 5.92 Å². The molecule has 2 nitrogen and oxygen atoms in total. The highest BCUT2D eigenvalue weighted by molar-refractivity contribution is 5.53. The monoisotopic (exact) mass is 205 g/mol. The van der Waals surface area contributed by atoms with Crippen LogP contribution in [0.25, 0.3) is 0 Å². The van der Waals surface area contributed by atoms with Gasteiger partial charge in [-0.2, -0.15) is 0 Å². The Morgan fingerprint density at radius 3 is 2.60 bits per heavy atom. The molecule has 0 bridgehead atoms. The van der Waals surface area contributed by atoms with Crippen LogP contribution in [-0.4, -0.2) is 18.2 Å². The minimum absolute atomic E-state index is 0.141. The standard InChI is InChI=1S/C13H19NO/c1-11-6-8-14(9-7-11)13-5-3-2-4-12(13)10-15/h2-5,11,15H,6-10H2,1H3. The largest absolute Gasteiger partial charge is 0.392 e. The lowest BCUT2D eigenvalue weighted by atomic mass is 9.98. The summed E-state index contributed by atoms with van der Waals surface area (Å²) in [6, 6.07) is 8.16. The van der Waals surface area contributed by atoms with E-state index in [4.69, 9.17) is 0 Å². The van der Waals surface area contributed by atoms with Crippen LogP contribution in [0.3, 0.4) is 0 Å². The number of aliphatic hydroxyl groups is 1. The van der Waals surface area contributed by atoms with Gasteiger partial charge in [0, 0.05) is 24.3 Å². The fourth-order valence-electron chi connectivity index (χ4n) is 2.20. The lowest BCUT2D eigenvalue weighted by Crippen LogP contribution is -2.33. The van der Waals surface area contributed by atoms with Crippen molar-refractivity contribution < 1.29 is 5.11 Å². The molecule has 0 aromatic heterocycles. The minimum atomic E-state index is 0.141. The summed E-state index contributed by atoms with van der Waals surface area (Å²) in [6.45, 7) is 4.70. The van der Waals surface area contributed by atoms with E-state index in [1.54, 1.807) is 0 Å². The Morgan fingerprint density at radius 1 is 1.27 bits per heavy atom. The van der Waals surface area contributed by atoms with Crippen LogP contribution in [0.2, 0.25) is 0 Å². The SMILES string of the molecule is CC1CCN(c2ccccc2CO)CC1. The fourth-order valence-corrected chi connectivity index (χ4v) is 2.20. The molecule has 1 aliphatic rings. The van der Waals surface area contributed by atoms with E-state index in [0.29, 0.717) is 0 Å². The summed E-state index contributed by atoms with van der Waals surface area (Å²) < 4.78 is 0. The summed E-state index contributed by atoms with van der Waals surface area (Å²) in [5.41, 5.74) is 2.26. The predicted octanol–water partition coefficient (Wildman–Crippen LogP) is 2.42. The van der Waals surface area contributed by atoms with Gasteiger partial charge in [0.05, 0.1) is 6.61 Å². The molecular formula is C13H19NO. The van der Waals surface area contributed by atoms with Gasteiger partial charge in [0.1, 0.15) is 0 Å². The van der Waals surface area contributed by atoms with Crippen LogP contribution in [0.5, 0.6) is 0 Å². The third kappa shape index (κ3) is 2.32. The van der Waals surface area contributed by atoms with Crippen LogP contribution < -0.4 is 4.90 Å². The van der Waals surface area contributed by atoms with Crippen molar-refractivity contribution in [2.45, 2.75) is 26.4 Å². The number of para-hydroxylation sites is 1. The zero-order chi connectivity index (χ0) is 10.7. The molecule has 1 N–H and O–H groups in total. The van der Waals surface area contributed by atoms with Crippen molar-refractivity contribution in [2.24, 2.45) is 5.92 Å². The normalized spacial score (nSPS) is 18.1. The van der Waals surface area contributed by atoms with Crippen molar-refractivity contribution >= 4 is 5.69 Å². The van der Waals surface area contributed by atoms with Crippen molar-refractivity contribution in [1.29, 1.82) is 0 Å². The Bertz CT molecular complexity index is 316. The number of hydrogen-bond donors (Lipinski definition) is 1. The number of nitrogens with zero attached hydrogens (tertiary/aromatic N) is 1. The molecule has 15 heavy (non-hydrogen) atoms. The molecule has 0 amide bonds. The molecule has 0 spiro atoms. The van der Waals surface area contributed by atoms with E-state index < -0.39 is 0 Å². The van der Waals surface area contributed by atoms with E-state index in [-0.39, 0.29) is 6.61 Å². The first kappa shape index (κ1) is 10.5. The average molecular weight is 205 g/mol.